The molecule has 0 bridgehead atoms. The van der Waals surface area contributed by atoms with Crippen LogP contribution < -0.4 is 11.1 Å². The van der Waals surface area contributed by atoms with Gasteiger partial charge in [-0.25, -0.2) is 8.78 Å². The van der Waals surface area contributed by atoms with Gasteiger partial charge < -0.3 is 11.1 Å². The van der Waals surface area contributed by atoms with Gasteiger partial charge in [-0.1, -0.05) is 0 Å². The summed E-state index contributed by atoms with van der Waals surface area (Å²) in [4.78, 5) is 11.3. The van der Waals surface area contributed by atoms with Crippen LogP contribution in [0.15, 0.2) is 30.3 Å². The molecule has 20 heavy (non-hydrogen) atoms. The van der Waals surface area contributed by atoms with Gasteiger partial charge in [0.2, 0.25) is 0 Å². The maximum absolute atomic E-state index is 13.9. The number of hydrogen-bond donors (Lipinski definition) is 2. The standard InChI is InChI=1S/C14H11F2IN2O/c1-7-6-8(17)2-5-11(7)19-13-9(14(18)20)3-4-10(15)12(13)16/h2-6,19H,1H3,(H2,18,20). The molecule has 0 heterocycles. The largest absolute Gasteiger partial charge is 0.366 e. The third kappa shape index (κ3) is 2.90. The number of nitrogens with two attached hydrogens (primary N) is 1. The lowest BCUT2D eigenvalue weighted by Crippen LogP contribution is -2.15. The van der Waals surface area contributed by atoms with Gasteiger partial charge in [0.25, 0.3) is 5.91 Å². The fourth-order valence-electron chi connectivity index (χ4n) is 1.78. The number of benzene rings is 2. The van der Waals surface area contributed by atoms with Gasteiger partial charge in [-0.3, -0.25) is 4.79 Å². The molecule has 104 valence electrons. The molecule has 0 aliphatic rings. The molecule has 2 aromatic carbocycles. The molecule has 1 amide bonds. The summed E-state index contributed by atoms with van der Waals surface area (Å²) in [6.07, 6.45) is 0. The van der Waals surface area contributed by atoms with E-state index in [4.69, 9.17) is 5.73 Å². The highest BCUT2D eigenvalue weighted by molar-refractivity contribution is 14.1. The van der Waals surface area contributed by atoms with Gasteiger partial charge in [0.05, 0.1) is 11.3 Å². The van der Waals surface area contributed by atoms with Gasteiger partial charge in [0.1, 0.15) is 0 Å². The molecule has 2 aromatic rings. The Kier molecular flexibility index (Phi) is 4.22. The number of amides is 1. The second-order valence-corrected chi connectivity index (χ2v) is 5.48. The van der Waals surface area contributed by atoms with Crippen LogP contribution in [0.4, 0.5) is 20.2 Å². The minimum Gasteiger partial charge on any atom is -0.366 e. The number of aryl methyl sites for hydroxylation is 1. The van der Waals surface area contributed by atoms with Crippen molar-refractivity contribution in [2.45, 2.75) is 6.92 Å². The molecule has 0 saturated carbocycles. The number of hydrogen-bond acceptors (Lipinski definition) is 2. The van der Waals surface area contributed by atoms with Gasteiger partial charge in [-0.05, 0) is 65.4 Å². The number of primary amides is 1. The molecule has 0 saturated heterocycles. The van der Waals surface area contributed by atoms with E-state index in [9.17, 15) is 13.6 Å². The minimum absolute atomic E-state index is 0.0955. The Morgan fingerprint density at radius 1 is 1.25 bits per heavy atom. The minimum atomic E-state index is -1.13. The Morgan fingerprint density at radius 3 is 2.55 bits per heavy atom. The zero-order chi connectivity index (χ0) is 14.9. The van der Waals surface area contributed by atoms with E-state index in [1.54, 1.807) is 6.07 Å². The van der Waals surface area contributed by atoms with Crippen molar-refractivity contribution in [1.82, 2.24) is 0 Å². The molecule has 2 rings (SSSR count). The molecule has 3 N–H and O–H groups in total. The van der Waals surface area contributed by atoms with E-state index in [1.807, 2.05) is 19.1 Å². The van der Waals surface area contributed by atoms with E-state index in [1.165, 1.54) is 0 Å². The first kappa shape index (κ1) is 14.7. The quantitative estimate of drug-likeness (QED) is 0.788. The molecule has 3 nitrogen and oxygen atoms in total. The SMILES string of the molecule is Cc1cc(I)ccc1Nc1c(C(N)=O)ccc(F)c1F. The van der Waals surface area contributed by atoms with Crippen LogP contribution >= 0.6 is 22.6 Å². The second kappa shape index (κ2) is 5.74. The van der Waals surface area contributed by atoms with E-state index in [0.29, 0.717) is 5.69 Å². The van der Waals surface area contributed by atoms with Gasteiger partial charge in [-0.2, -0.15) is 0 Å². The van der Waals surface area contributed by atoms with Crippen LogP contribution in [-0.2, 0) is 0 Å². The van der Waals surface area contributed by atoms with E-state index in [0.717, 1.165) is 21.3 Å². The van der Waals surface area contributed by atoms with Crippen molar-refractivity contribution in [2.75, 3.05) is 5.32 Å². The highest BCUT2D eigenvalue weighted by atomic mass is 127. The Hall–Kier alpha value is -1.70. The molecule has 0 fully saturated rings. The average molecular weight is 388 g/mol. The number of carbonyl (C=O) groups is 1. The summed E-state index contributed by atoms with van der Waals surface area (Å²) in [7, 11) is 0. The molecule has 6 heteroatoms. The van der Waals surface area contributed by atoms with Crippen molar-refractivity contribution >= 4 is 39.9 Å². The third-order valence-electron chi connectivity index (χ3n) is 2.81. The van der Waals surface area contributed by atoms with Gasteiger partial charge in [0, 0.05) is 9.26 Å². The fourth-order valence-corrected chi connectivity index (χ4v) is 2.43. The zero-order valence-corrected chi connectivity index (χ0v) is 12.7. The Morgan fingerprint density at radius 2 is 1.95 bits per heavy atom. The van der Waals surface area contributed by atoms with Crippen molar-refractivity contribution in [3.8, 4) is 0 Å². The first-order valence-electron chi connectivity index (χ1n) is 5.71. The summed E-state index contributed by atoms with van der Waals surface area (Å²) < 4.78 is 28.2. The van der Waals surface area contributed by atoms with E-state index >= 15 is 0 Å². The topological polar surface area (TPSA) is 55.1 Å². The maximum atomic E-state index is 13.9. The molecule has 0 spiro atoms. The predicted molar refractivity (Wildman–Crippen MR) is 82.1 cm³/mol. The van der Waals surface area contributed by atoms with Gasteiger partial charge in [0.15, 0.2) is 11.6 Å². The van der Waals surface area contributed by atoms with Gasteiger partial charge >= 0.3 is 0 Å². The van der Waals surface area contributed by atoms with Crippen molar-refractivity contribution < 1.29 is 13.6 Å². The molecular weight excluding hydrogens is 377 g/mol. The molecule has 0 radical (unpaired) electrons. The zero-order valence-electron chi connectivity index (χ0n) is 10.5. The highest BCUT2D eigenvalue weighted by Gasteiger charge is 2.17. The summed E-state index contributed by atoms with van der Waals surface area (Å²) in [6, 6.07) is 7.46. The number of anilines is 2. The second-order valence-electron chi connectivity index (χ2n) is 4.23. The maximum Gasteiger partial charge on any atom is 0.250 e. The number of nitrogens with one attached hydrogen (secondary N) is 1. The predicted octanol–water partition coefficient (Wildman–Crippen LogP) is 3.72. The lowest BCUT2D eigenvalue weighted by molar-refractivity contribution is 0.100. The first-order valence-corrected chi connectivity index (χ1v) is 6.79. The van der Waals surface area contributed by atoms with Crippen molar-refractivity contribution in [3.05, 3.63) is 56.7 Å². The van der Waals surface area contributed by atoms with Crippen LogP contribution in [0.1, 0.15) is 15.9 Å². The summed E-state index contributed by atoms with van der Waals surface area (Å²) in [6.45, 7) is 1.83. The van der Waals surface area contributed by atoms with Crippen LogP contribution in [-0.4, -0.2) is 5.91 Å². The van der Waals surface area contributed by atoms with Crippen LogP contribution in [0.3, 0.4) is 0 Å². The average Bonchev–Trinajstić information content (AvgIpc) is 2.37. The lowest BCUT2D eigenvalue weighted by Gasteiger charge is -2.14. The van der Waals surface area contributed by atoms with E-state index in [2.05, 4.69) is 27.9 Å². The molecule has 0 aliphatic heterocycles. The number of halogens is 3. The van der Waals surface area contributed by atoms with E-state index in [-0.39, 0.29) is 11.3 Å². The Bertz CT molecular complexity index is 689. The summed E-state index contributed by atoms with van der Waals surface area (Å²) in [5.41, 5.74) is 6.26. The number of carbonyl (C=O) groups excluding carboxylic acids is 1. The van der Waals surface area contributed by atoms with Crippen molar-refractivity contribution in [1.29, 1.82) is 0 Å². The summed E-state index contributed by atoms with van der Waals surface area (Å²) in [5.74, 6) is -2.99. The third-order valence-corrected chi connectivity index (χ3v) is 3.48. The molecule has 0 atom stereocenters. The lowest BCUT2D eigenvalue weighted by atomic mass is 10.1. The molecule has 0 unspecified atom stereocenters. The van der Waals surface area contributed by atoms with Crippen molar-refractivity contribution in [3.63, 3.8) is 0 Å². The Balaban J connectivity index is 2.52. The van der Waals surface area contributed by atoms with Crippen LogP contribution in [0, 0.1) is 22.1 Å². The smallest absolute Gasteiger partial charge is 0.250 e. The number of rotatable bonds is 3. The molecular formula is C14H11F2IN2O. The highest BCUT2D eigenvalue weighted by Crippen LogP contribution is 2.28. The van der Waals surface area contributed by atoms with Crippen LogP contribution in [0.2, 0.25) is 0 Å². The fraction of sp³-hybridized carbons (Fsp3) is 0.0714. The monoisotopic (exact) mass is 388 g/mol. The van der Waals surface area contributed by atoms with Crippen LogP contribution in [0.25, 0.3) is 0 Å². The summed E-state index contributed by atoms with van der Waals surface area (Å²) in [5, 5.41) is 2.74. The van der Waals surface area contributed by atoms with E-state index < -0.39 is 17.5 Å². The van der Waals surface area contributed by atoms with Gasteiger partial charge in [-0.15, -0.1) is 0 Å². The first-order chi connectivity index (χ1) is 9.40. The summed E-state index contributed by atoms with van der Waals surface area (Å²) >= 11 is 2.15. The molecule has 0 aromatic heterocycles. The normalized spacial score (nSPS) is 10.4. The molecule has 0 aliphatic carbocycles. The van der Waals surface area contributed by atoms with Crippen molar-refractivity contribution in [2.24, 2.45) is 5.73 Å². The Labute approximate surface area is 128 Å². The van der Waals surface area contributed by atoms with Crippen LogP contribution in [0.5, 0.6) is 0 Å².